The highest BCUT2D eigenvalue weighted by molar-refractivity contribution is 5.29. The lowest BCUT2D eigenvalue weighted by Gasteiger charge is -2.06. The molecule has 1 unspecified atom stereocenters. The van der Waals surface area contributed by atoms with Gasteiger partial charge in [0.2, 0.25) is 0 Å². The zero-order valence-corrected chi connectivity index (χ0v) is 6.44. The number of nitrogens with zero attached hydrogens (tertiary/aromatic N) is 3. The second-order valence-electron chi connectivity index (χ2n) is 2.19. The predicted molar refractivity (Wildman–Crippen MR) is 39.0 cm³/mol. The van der Waals surface area contributed by atoms with E-state index < -0.39 is 6.10 Å². The van der Waals surface area contributed by atoms with Crippen molar-refractivity contribution in [1.29, 1.82) is 10.5 Å². The number of aliphatic hydroxyl groups excluding tert-OH is 1. The summed E-state index contributed by atoms with van der Waals surface area (Å²) in [6.45, 7) is 0. The summed E-state index contributed by atoms with van der Waals surface area (Å²) in [6.07, 6.45) is 0.0934. The lowest BCUT2D eigenvalue weighted by molar-refractivity contribution is 0.268. The van der Waals surface area contributed by atoms with Crippen molar-refractivity contribution in [3.05, 3.63) is 11.8 Å². The average molecular weight is 151 g/mol. The Morgan fingerprint density at radius 1 is 1.55 bits per heavy atom. The standard InChI is InChI=1S/C7H9N3O/c1-10(2)5-6(3-8)7(11)4-9/h5,7,11H,1-2H3/b6-5-. The van der Waals surface area contributed by atoms with E-state index in [-0.39, 0.29) is 5.57 Å². The van der Waals surface area contributed by atoms with Crippen LogP contribution in [0.15, 0.2) is 11.8 Å². The van der Waals surface area contributed by atoms with E-state index in [1.165, 1.54) is 6.20 Å². The summed E-state index contributed by atoms with van der Waals surface area (Å²) in [7, 11) is 3.42. The molecule has 0 aromatic heterocycles. The van der Waals surface area contributed by atoms with Crippen molar-refractivity contribution in [3.8, 4) is 12.1 Å². The van der Waals surface area contributed by atoms with Crippen LogP contribution in [0.4, 0.5) is 0 Å². The molecule has 0 saturated heterocycles. The van der Waals surface area contributed by atoms with Crippen LogP contribution in [0.3, 0.4) is 0 Å². The van der Waals surface area contributed by atoms with Gasteiger partial charge in [-0.05, 0) is 0 Å². The quantitative estimate of drug-likeness (QED) is 0.439. The summed E-state index contributed by atoms with van der Waals surface area (Å²) in [6, 6.07) is 3.29. The minimum atomic E-state index is -1.32. The zero-order valence-electron chi connectivity index (χ0n) is 6.44. The van der Waals surface area contributed by atoms with E-state index in [0.717, 1.165) is 0 Å². The lowest BCUT2D eigenvalue weighted by atomic mass is 10.2. The van der Waals surface area contributed by atoms with E-state index in [2.05, 4.69) is 0 Å². The molecule has 0 aliphatic heterocycles. The third-order valence-corrected chi connectivity index (χ3v) is 0.943. The molecule has 0 amide bonds. The average Bonchev–Trinajstić information content (AvgIpc) is 1.98. The molecule has 0 rings (SSSR count). The molecule has 4 heteroatoms. The van der Waals surface area contributed by atoms with Gasteiger partial charge in [-0.2, -0.15) is 10.5 Å². The van der Waals surface area contributed by atoms with Crippen molar-refractivity contribution >= 4 is 0 Å². The molecule has 0 fully saturated rings. The first-order valence-corrected chi connectivity index (χ1v) is 2.97. The Bertz CT molecular complexity index is 231. The minimum absolute atomic E-state index is 0.0532. The maximum Gasteiger partial charge on any atom is 0.177 e. The van der Waals surface area contributed by atoms with Crippen molar-refractivity contribution in [2.75, 3.05) is 14.1 Å². The highest BCUT2D eigenvalue weighted by Gasteiger charge is 2.07. The third-order valence-electron chi connectivity index (χ3n) is 0.943. The Labute approximate surface area is 65.6 Å². The summed E-state index contributed by atoms with van der Waals surface area (Å²) >= 11 is 0. The summed E-state index contributed by atoms with van der Waals surface area (Å²) in [5.74, 6) is 0. The molecule has 0 aromatic carbocycles. The van der Waals surface area contributed by atoms with Crippen LogP contribution < -0.4 is 0 Å². The van der Waals surface area contributed by atoms with Crippen LogP contribution in [0, 0.1) is 22.7 Å². The Hall–Kier alpha value is -1.52. The first-order chi connectivity index (χ1) is 5.11. The van der Waals surface area contributed by atoms with Gasteiger partial charge in [-0.1, -0.05) is 0 Å². The molecule has 1 N–H and O–H groups in total. The maximum atomic E-state index is 8.89. The number of hydrogen-bond acceptors (Lipinski definition) is 4. The van der Waals surface area contributed by atoms with Crippen LogP contribution in [-0.2, 0) is 0 Å². The summed E-state index contributed by atoms with van der Waals surface area (Å²) in [5.41, 5.74) is 0.0532. The van der Waals surface area contributed by atoms with Crippen LogP contribution >= 0.6 is 0 Å². The van der Waals surface area contributed by atoms with Gasteiger partial charge in [0.15, 0.2) is 6.10 Å². The zero-order chi connectivity index (χ0) is 8.85. The fraction of sp³-hybridized carbons (Fsp3) is 0.429. The van der Waals surface area contributed by atoms with Crippen LogP contribution in [0.2, 0.25) is 0 Å². The molecule has 0 aromatic rings. The van der Waals surface area contributed by atoms with Crippen molar-refractivity contribution in [1.82, 2.24) is 4.90 Å². The van der Waals surface area contributed by atoms with E-state index in [1.54, 1.807) is 31.1 Å². The number of aliphatic hydroxyl groups is 1. The predicted octanol–water partition coefficient (Wildman–Crippen LogP) is -0.160. The molecule has 0 saturated carbocycles. The molecule has 0 aliphatic rings. The highest BCUT2D eigenvalue weighted by atomic mass is 16.3. The van der Waals surface area contributed by atoms with Gasteiger partial charge in [0.25, 0.3) is 0 Å². The molecular weight excluding hydrogens is 142 g/mol. The molecular formula is C7H9N3O. The van der Waals surface area contributed by atoms with Crippen LogP contribution in [0.1, 0.15) is 0 Å². The smallest absolute Gasteiger partial charge is 0.177 e. The Morgan fingerprint density at radius 2 is 2.09 bits per heavy atom. The van der Waals surface area contributed by atoms with Gasteiger partial charge in [0.05, 0.1) is 11.6 Å². The number of hydrogen-bond donors (Lipinski definition) is 1. The molecule has 11 heavy (non-hydrogen) atoms. The maximum absolute atomic E-state index is 8.89. The normalized spacial score (nSPS) is 13.0. The van der Waals surface area contributed by atoms with E-state index in [4.69, 9.17) is 15.6 Å². The van der Waals surface area contributed by atoms with Crippen LogP contribution in [0.5, 0.6) is 0 Å². The Kier molecular flexibility index (Phi) is 3.72. The SMILES string of the molecule is CN(C)/C=C(/C#N)C(O)C#N. The van der Waals surface area contributed by atoms with Gasteiger partial charge in [-0.15, -0.1) is 0 Å². The first-order valence-electron chi connectivity index (χ1n) is 2.97. The Morgan fingerprint density at radius 3 is 2.36 bits per heavy atom. The monoisotopic (exact) mass is 151 g/mol. The minimum Gasteiger partial charge on any atom is -0.383 e. The van der Waals surface area contributed by atoms with Gasteiger partial charge in [-0.25, -0.2) is 0 Å². The Balaban J connectivity index is 4.46. The third kappa shape index (κ3) is 3.24. The van der Waals surface area contributed by atoms with Crippen molar-refractivity contribution in [3.63, 3.8) is 0 Å². The van der Waals surface area contributed by atoms with Crippen LogP contribution in [-0.4, -0.2) is 30.2 Å². The second kappa shape index (κ2) is 4.32. The summed E-state index contributed by atoms with van der Waals surface area (Å²) in [4.78, 5) is 1.60. The summed E-state index contributed by atoms with van der Waals surface area (Å²) in [5, 5.41) is 25.5. The molecule has 4 nitrogen and oxygen atoms in total. The molecule has 0 bridgehead atoms. The molecule has 0 aliphatic carbocycles. The van der Waals surface area contributed by atoms with Gasteiger partial charge in [0, 0.05) is 20.3 Å². The molecule has 1 atom stereocenters. The highest BCUT2D eigenvalue weighted by Crippen LogP contribution is 1.99. The van der Waals surface area contributed by atoms with Gasteiger partial charge >= 0.3 is 0 Å². The summed E-state index contributed by atoms with van der Waals surface area (Å²) < 4.78 is 0. The number of rotatable bonds is 2. The molecule has 0 spiro atoms. The van der Waals surface area contributed by atoms with E-state index in [0.29, 0.717) is 0 Å². The van der Waals surface area contributed by atoms with Crippen molar-refractivity contribution < 1.29 is 5.11 Å². The van der Waals surface area contributed by atoms with Crippen LogP contribution in [0.25, 0.3) is 0 Å². The van der Waals surface area contributed by atoms with Gasteiger partial charge < -0.3 is 10.0 Å². The second-order valence-corrected chi connectivity index (χ2v) is 2.19. The number of nitriles is 2. The topological polar surface area (TPSA) is 71.1 Å². The van der Waals surface area contributed by atoms with E-state index in [9.17, 15) is 0 Å². The molecule has 0 radical (unpaired) electrons. The largest absolute Gasteiger partial charge is 0.383 e. The van der Waals surface area contributed by atoms with E-state index in [1.807, 2.05) is 0 Å². The fourth-order valence-corrected chi connectivity index (χ4v) is 0.508. The molecule has 58 valence electrons. The van der Waals surface area contributed by atoms with E-state index >= 15 is 0 Å². The van der Waals surface area contributed by atoms with Gasteiger partial charge in [-0.3, -0.25) is 0 Å². The lowest BCUT2D eigenvalue weighted by Crippen LogP contribution is -2.10. The fourth-order valence-electron chi connectivity index (χ4n) is 0.508. The molecule has 0 heterocycles. The van der Waals surface area contributed by atoms with Crippen molar-refractivity contribution in [2.24, 2.45) is 0 Å². The van der Waals surface area contributed by atoms with Gasteiger partial charge in [0.1, 0.15) is 6.07 Å². The van der Waals surface area contributed by atoms with Crippen molar-refractivity contribution in [2.45, 2.75) is 6.10 Å². The first kappa shape index (κ1) is 9.48.